The molecule has 0 fully saturated rings. The summed E-state index contributed by atoms with van der Waals surface area (Å²) in [6.45, 7) is 1.97. The summed E-state index contributed by atoms with van der Waals surface area (Å²) in [7, 11) is 0. The van der Waals surface area contributed by atoms with Crippen LogP contribution in [0.15, 0.2) is 34.1 Å². The van der Waals surface area contributed by atoms with Crippen LogP contribution in [0, 0.1) is 6.92 Å². The van der Waals surface area contributed by atoms with Crippen molar-refractivity contribution in [2.75, 3.05) is 11.9 Å². The van der Waals surface area contributed by atoms with Gasteiger partial charge in [0.05, 0.1) is 6.61 Å². The first kappa shape index (κ1) is 12.5. The van der Waals surface area contributed by atoms with Gasteiger partial charge in [0.2, 0.25) is 0 Å². The minimum absolute atomic E-state index is 0.0221. The molecule has 3 nitrogen and oxygen atoms in total. The molecule has 0 aliphatic rings. The molecule has 0 bridgehead atoms. The van der Waals surface area contributed by atoms with Crippen LogP contribution in [0.4, 0.5) is 5.69 Å². The van der Waals surface area contributed by atoms with Gasteiger partial charge < -0.3 is 10.4 Å². The number of para-hydroxylation sites is 1. The number of aliphatic hydroxyl groups is 1. The molecule has 0 amide bonds. The van der Waals surface area contributed by atoms with Crippen molar-refractivity contribution in [1.29, 1.82) is 0 Å². The lowest BCUT2D eigenvalue weighted by Crippen LogP contribution is -2.14. The molecule has 1 heterocycles. The maximum absolute atomic E-state index is 9.43. The summed E-state index contributed by atoms with van der Waals surface area (Å²) in [6, 6.07) is 7.68. The number of nitrogens with zero attached hydrogens (tertiary/aromatic N) is 1. The third-order valence-electron chi connectivity index (χ3n) is 2.32. The topological polar surface area (TPSA) is 45.1 Å². The molecule has 2 N–H and O–H groups in total. The lowest BCUT2D eigenvalue weighted by atomic mass is 10.2. The van der Waals surface area contributed by atoms with Gasteiger partial charge in [0.25, 0.3) is 0 Å². The fourth-order valence-electron chi connectivity index (χ4n) is 1.48. The lowest BCUT2D eigenvalue weighted by molar-refractivity contribution is 0.276. The highest BCUT2D eigenvalue weighted by atomic mass is 79.9. The van der Waals surface area contributed by atoms with E-state index >= 15 is 0 Å². The Hall–Kier alpha value is -0.910. The van der Waals surface area contributed by atoms with Crippen LogP contribution in [0.2, 0.25) is 0 Å². The third kappa shape index (κ3) is 3.06. The number of halogens is 1. The Morgan fingerprint density at radius 2 is 2.24 bits per heavy atom. The largest absolute Gasteiger partial charge is 0.394 e. The van der Waals surface area contributed by atoms with Crippen molar-refractivity contribution in [3.05, 3.63) is 44.8 Å². The number of hydrogen-bond acceptors (Lipinski definition) is 4. The van der Waals surface area contributed by atoms with Crippen molar-refractivity contribution in [3.63, 3.8) is 0 Å². The van der Waals surface area contributed by atoms with Gasteiger partial charge in [0.1, 0.15) is 11.0 Å². The fraction of sp³-hybridized carbons (Fsp3) is 0.250. The van der Waals surface area contributed by atoms with E-state index in [2.05, 4.69) is 26.2 Å². The SMILES string of the molecule is Cc1csc(C(CO)Nc2ccccc2Br)n1. The van der Waals surface area contributed by atoms with Crippen LogP contribution in [0.5, 0.6) is 0 Å². The number of aliphatic hydroxyl groups excluding tert-OH is 1. The number of hydrogen-bond donors (Lipinski definition) is 2. The minimum Gasteiger partial charge on any atom is -0.394 e. The molecular weight excluding hydrogens is 300 g/mol. The van der Waals surface area contributed by atoms with Crippen LogP contribution >= 0.6 is 27.3 Å². The molecule has 0 spiro atoms. The highest BCUT2D eigenvalue weighted by Crippen LogP contribution is 2.27. The predicted octanol–water partition coefficient (Wildman–Crippen LogP) is 3.36. The molecule has 1 aromatic carbocycles. The second-order valence-corrected chi connectivity index (χ2v) is 5.43. The Bertz CT molecular complexity index is 501. The van der Waals surface area contributed by atoms with E-state index in [1.807, 2.05) is 36.6 Å². The number of nitrogens with one attached hydrogen (secondary N) is 1. The number of thiazole rings is 1. The number of aromatic nitrogens is 1. The number of aryl methyl sites for hydroxylation is 1. The molecule has 0 aliphatic carbocycles. The molecule has 0 aliphatic heterocycles. The average molecular weight is 313 g/mol. The van der Waals surface area contributed by atoms with Gasteiger partial charge in [0, 0.05) is 21.2 Å². The minimum atomic E-state index is -0.160. The molecule has 90 valence electrons. The molecule has 0 saturated carbocycles. The smallest absolute Gasteiger partial charge is 0.118 e. The zero-order chi connectivity index (χ0) is 12.3. The summed E-state index contributed by atoms with van der Waals surface area (Å²) < 4.78 is 0.978. The molecule has 0 radical (unpaired) electrons. The van der Waals surface area contributed by atoms with Gasteiger partial charge in [-0.3, -0.25) is 0 Å². The predicted molar refractivity (Wildman–Crippen MR) is 74.4 cm³/mol. The number of anilines is 1. The quantitative estimate of drug-likeness (QED) is 0.910. The van der Waals surface area contributed by atoms with Crippen LogP contribution < -0.4 is 5.32 Å². The Kier molecular flexibility index (Phi) is 4.15. The van der Waals surface area contributed by atoms with Crippen molar-refractivity contribution in [3.8, 4) is 0 Å². The Balaban J connectivity index is 2.18. The maximum atomic E-state index is 9.43. The third-order valence-corrected chi connectivity index (χ3v) is 4.09. The summed E-state index contributed by atoms with van der Waals surface area (Å²) in [5.74, 6) is 0. The highest BCUT2D eigenvalue weighted by molar-refractivity contribution is 9.10. The van der Waals surface area contributed by atoms with Crippen molar-refractivity contribution in [1.82, 2.24) is 4.98 Å². The summed E-state index contributed by atoms with van der Waals surface area (Å²) in [6.07, 6.45) is 0. The zero-order valence-corrected chi connectivity index (χ0v) is 11.8. The molecule has 1 unspecified atom stereocenters. The summed E-state index contributed by atoms with van der Waals surface area (Å²) in [5.41, 5.74) is 1.94. The van der Waals surface area contributed by atoms with Crippen molar-refractivity contribution >= 4 is 33.0 Å². The monoisotopic (exact) mass is 312 g/mol. The van der Waals surface area contributed by atoms with Gasteiger partial charge in [-0.25, -0.2) is 4.98 Å². The summed E-state index contributed by atoms with van der Waals surface area (Å²) in [5, 5.41) is 15.6. The first-order chi connectivity index (χ1) is 8.20. The van der Waals surface area contributed by atoms with Gasteiger partial charge >= 0.3 is 0 Å². The molecule has 1 aromatic heterocycles. The van der Waals surface area contributed by atoms with Crippen LogP contribution in [0.25, 0.3) is 0 Å². The molecule has 5 heteroatoms. The average Bonchev–Trinajstić information content (AvgIpc) is 2.75. The van der Waals surface area contributed by atoms with Crippen LogP contribution in [-0.2, 0) is 0 Å². The van der Waals surface area contributed by atoms with E-state index in [0.717, 1.165) is 20.9 Å². The molecule has 0 saturated heterocycles. The van der Waals surface area contributed by atoms with Crippen molar-refractivity contribution < 1.29 is 5.11 Å². The van der Waals surface area contributed by atoms with Crippen molar-refractivity contribution in [2.24, 2.45) is 0 Å². The highest BCUT2D eigenvalue weighted by Gasteiger charge is 2.14. The van der Waals surface area contributed by atoms with Crippen LogP contribution in [-0.4, -0.2) is 16.7 Å². The Labute approximate surface area is 113 Å². The second-order valence-electron chi connectivity index (χ2n) is 3.69. The molecule has 1 atom stereocenters. The normalized spacial score (nSPS) is 12.4. The summed E-state index contributed by atoms with van der Waals surface area (Å²) in [4.78, 5) is 4.39. The van der Waals surface area contributed by atoms with Crippen LogP contribution in [0.3, 0.4) is 0 Å². The van der Waals surface area contributed by atoms with E-state index in [9.17, 15) is 5.11 Å². The van der Waals surface area contributed by atoms with Crippen LogP contribution in [0.1, 0.15) is 16.7 Å². The second kappa shape index (κ2) is 5.62. The van der Waals surface area contributed by atoms with Gasteiger partial charge in [-0.05, 0) is 35.0 Å². The van der Waals surface area contributed by atoms with Gasteiger partial charge in [0.15, 0.2) is 0 Å². The van der Waals surface area contributed by atoms with E-state index in [1.165, 1.54) is 0 Å². The molecule has 2 aromatic rings. The molecular formula is C12H13BrN2OS. The van der Waals surface area contributed by atoms with Crippen molar-refractivity contribution in [2.45, 2.75) is 13.0 Å². The van der Waals surface area contributed by atoms with Gasteiger partial charge in [-0.2, -0.15) is 0 Å². The lowest BCUT2D eigenvalue weighted by Gasteiger charge is -2.16. The number of benzene rings is 1. The van der Waals surface area contributed by atoms with Gasteiger partial charge in [-0.1, -0.05) is 12.1 Å². The zero-order valence-electron chi connectivity index (χ0n) is 9.35. The van der Waals surface area contributed by atoms with E-state index in [-0.39, 0.29) is 12.6 Å². The number of rotatable bonds is 4. The first-order valence-corrected chi connectivity index (χ1v) is 6.92. The van der Waals surface area contributed by atoms with E-state index in [4.69, 9.17) is 0 Å². The Morgan fingerprint density at radius 1 is 1.47 bits per heavy atom. The molecule has 2 rings (SSSR count). The molecule has 17 heavy (non-hydrogen) atoms. The first-order valence-electron chi connectivity index (χ1n) is 5.24. The van der Waals surface area contributed by atoms with E-state index in [1.54, 1.807) is 11.3 Å². The van der Waals surface area contributed by atoms with E-state index < -0.39 is 0 Å². The maximum Gasteiger partial charge on any atom is 0.118 e. The summed E-state index contributed by atoms with van der Waals surface area (Å²) >= 11 is 5.03. The standard InChI is InChI=1S/C12H13BrN2OS/c1-8-7-17-12(14-8)11(6-16)15-10-5-3-2-4-9(10)13/h2-5,7,11,15-16H,6H2,1H3. The van der Waals surface area contributed by atoms with E-state index in [0.29, 0.717) is 0 Å². The fourth-order valence-corrected chi connectivity index (χ4v) is 2.72. The van der Waals surface area contributed by atoms with Gasteiger partial charge in [-0.15, -0.1) is 11.3 Å². The Morgan fingerprint density at radius 3 is 2.82 bits per heavy atom.